The van der Waals surface area contributed by atoms with Crippen LogP contribution in [0.3, 0.4) is 0 Å². The van der Waals surface area contributed by atoms with Gasteiger partial charge >= 0.3 is 0 Å². The van der Waals surface area contributed by atoms with E-state index in [0.29, 0.717) is 0 Å². The molecule has 0 atom stereocenters. The molecule has 2 N–H and O–H groups in total. The lowest BCUT2D eigenvalue weighted by Gasteiger charge is -2.40. The maximum atomic E-state index is 9.37. The van der Waals surface area contributed by atoms with Gasteiger partial charge in [-0.15, -0.1) is 0 Å². The number of hydrogen-bond acceptors (Lipinski definition) is 2. The monoisotopic (exact) mass is 239 g/mol. The smallest absolute Gasteiger partial charge is 0.0504 e. The number of aryl methyl sites for hydroxylation is 1. The molecule has 2 rings (SSSR count). The quantitative estimate of drug-likeness (QED) is 0.846. The molecule has 0 saturated heterocycles. The molecule has 1 fully saturated rings. The van der Waals surface area contributed by atoms with Crippen molar-refractivity contribution in [2.45, 2.75) is 26.2 Å². The Morgan fingerprint density at radius 3 is 2.69 bits per heavy atom. The van der Waals surface area contributed by atoms with Crippen molar-refractivity contribution in [2.24, 2.45) is 5.41 Å². The molecule has 0 radical (unpaired) electrons. The van der Waals surface area contributed by atoms with Crippen molar-refractivity contribution in [3.63, 3.8) is 0 Å². The molecular formula is C13H18ClNO. The molecule has 1 aromatic rings. The number of aliphatic hydroxyl groups excluding tert-OH is 1. The van der Waals surface area contributed by atoms with E-state index in [2.05, 4.69) is 5.32 Å². The third-order valence-electron chi connectivity index (χ3n) is 3.59. The second-order valence-electron chi connectivity index (χ2n) is 4.82. The minimum absolute atomic E-state index is 0.117. The molecule has 16 heavy (non-hydrogen) atoms. The highest BCUT2D eigenvalue weighted by molar-refractivity contribution is 6.30. The molecule has 0 amide bonds. The van der Waals surface area contributed by atoms with Crippen LogP contribution in [-0.4, -0.2) is 18.3 Å². The summed E-state index contributed by atoms with van der Waals surface area (Å²) in [6.07, 6.45) is 3.49. The number of rotatable bonds is 4. The van der Waals surface area contributed by atoms with Crippen LogP contribution < -0.4 is 5.32 Å². The van der Waals surface area contributed by atoms with Gasteiger partial charge in [0.2, 0.25) is 0 Å². The summed E-state index contributed by atoms with van der Waals surface area (Å²) >= 11 is 5.90. The van der Waals surface area contributed by atoms with Crippen LogP contribution in [0.2, 0.25) is 5.02 Å². The predicted molar refractivity (Wildman–Crippen MR) is 68.0 cm³/mol. The van der Waals surface area contributed by atoms with Crippen LogP contribution in [-0.2, 0) is 0 Å². The van der Waals surface area contributed by atoms with E-state index in [4.69, 9.17) is 11.6 Å². The lowest BCUT2D eigenvalue weighted by Crippen LogP contribution is -2.39. The zero-order chi connectivity index (χ0) is 11.6. The van der Waals surface area contributed by atoms with E-state index in [1.165, 1.54) is 6.42 Å². The maximum Gasteiger partial charge on any atom is 0.0504 e. The van der Waals surface area contributed by atoms with E-state index in [0.717, 1.165) is 35.7 Å². The Labute approximate surface area is 102 Å². The summed E-state index contributed by atoms with van der Waals surface area (Å²) in [6.45, 7) is 3.18. The number of nitrogens with one attached hydrogen (secondary N) is 1. The van der Waals surface area contributed by atoms with Crippen molar-refractivity contribution >= 4 is 17.3 Å². The standard InChI is InChI=1S/C13H18ClNO/c1-10-7-11(14)3-4-12(10)15-8-13(9-16)5-2-6-13/h3-4,7,15-16H,2,5-6,8-9H2,1H3. The van der Waals surface area contributed by atoms with E-state index in [9.17, 15) is 5.11 Å². The van der Waals surface area contributed by atoms with E-state index >= 15 is 0 Å². The molecule has 0 unspecified atom stereocenters. The Balaban J connectivity index is 1.99. The maximum absolute atomic E-state index is 9.37. The molecule has 88 valence electrons. The van der Waals surface area contributed by atoms with Crippen molar-refractivity contribution in [3.8, 4) is 0 Å². The Kier molecular flexibility index (Phi) is 3.41. The second kappa shape index (κ2) is 4.64. The van der Waals surface area contributed by atoms with E-state index in [1.54, 1.807) is 0 Å². The first-order valence-electron chi connectivity index (χ1n) is 5.76. The van der Waals surface area contributed by atoms with Crippen LogP contribution in [0.5, 0.6) is 0 Å². The Hall–Kier alpha value is -0.730. The first-order chi connectivity index (χ1) is 7.65. The summed E-state index contributed by atoms with van der Waals surface area (Å²) in [7, 11) is 0. The Bertz CT molecular complexity index is 369. The van der Waals surface area contributed by atoms with Gasteiger partial charge in [0, 0.05) is 22.7 Å². The third-order valence-corrected chi connectivity index (χ3v) is 3.83. The van der Waals surface area contributed by atoms with Gasteiger partial charge in [0.25, 0.3) is 0 Å². The summed E-state index contributed by atoms with van der Waals surface area (Å²) < 4.78 is 0. The van der Waals surface area contributed by atoms with Crippen LogP contribution in [0.4, 0.5) is 5.69 Å². The van der Waals surface area contributed by atoms with Gasteiger partial charge in [-0.3, -0.25) is 0 Å². The van der Waals surface area contributed by atoms with Gasteiger partial charge in [-0.05, 0) is 43.5 Å². The van der Waals surface area contributed by atoms with Crippen molar-refractivity contribution < 1.29 is 5.11 Å². The number of hydrogen-bond donors (Lipinski definition) is 2. The van der Waals surface area contributed by atoms with Crippen molar-refractivity contribution in [1.29, 1.82) is 0 Å². The predicted octanol–water partition coefficient (Wildman–Crippen LogP) is 3.22. The molecule has 1 aliphatic carbocycles. The highest BCUT2D eigenvalue weighted by Crippen LogP contribution is 2.40. The number of benzene rings is 1. The topological polar surface area (TPSA) is 32.3 Å². The van der Waals surface area contributed by atoms with Crippen molar-refractivity contribution in [3.05, 3.63) is 28.8 Å². The van der Waals surface area contributed by atoms with E-state index in [1.807, 2.05) is 25.1 Å². The zero-order valence-corrected chi connectivity index (χ0v) is 10.3. The van der Waals surface area contributed by atoms with E-state index in [-0.39, 0.29) is 12.0 Å². The number of anilines is 1. The molecule has 0 spiro atoms. The minimum atomic E-state index is 0.117. The van der Waals surface area contributed by atoms with Crippen molar-refractivity contribution in [1.82, 2.24) is 0 Å². The van der Waals surface area contributed by atoms with Gasteiger partial charge in [0.15, 0.2) is 0 Å². The molecule has 0 aromatic heterocycles. The first kappa shape index (κ1) is 11.7. The van der Waals surface area contributed by atoms with Gasteiger partial charge in [-0.25, -0.2) is 0 Å². The second-order valence-corrected chi connectivity index (χ2v) is 5.26. The molecule has 2 nitrogen and oxygen atoms in total. The lowest BCUT2D eigenvalue weighted by molar-refractivity contribution is 0.0576. The first-order valence-corrected chi connectivity index (χ1v) is 6.14. The molecule has 3 heteroatoms. The normalized spacial score (nSPS) is 17.9. The van der Waals surface area contributed by atoms with Gasteiger partial charge in [-0.1, -0.05) is 18.0 Å². The summed E-state index contributed by atoms with van der Waals surface area (Å²) in [6, 6.07) is 5.85. The summed E-state index contributed by atoms with van der Waals surface area (Å²) in [5.41, 5.74) is 2.38. The van der Waals surface area contributed by atoms with Gasteiger partial charge < -0.3 is 10.4 Å². The Morgan fingerprint density at radius 1 is 1.44 bits per heavy atom. The summed E-state index contributed by atoms with van der Waals surface area (Å²) in [5, 5.41) is 13.5. The fraction of sp³-hybridized carbons (Fsp3) is 0.538. The summed E-state index contributed by atoms with van der Waals surface area (Å²) in [4.78, 5) is 0. The van der Waals surface area contributed by atoms with E-state index < -0.39 is 0 Å². The highest BCUT2D eigenvalue weighted by atomic mass is 35.5. The molecule has 0 aliphatic heterocycles. The molecular weight excluding hydrogens is 222 g/mol. The largest absolute Gasteiger partial charge is 0.396 e. The fourth-order valence-corrected chi connectivity index (χ4v) is 2.40. The number of aliphatic hydroxyl groups is 1. The average molecular weight is 240 g/mol. The van der Waals surface area contributed by atoms with Crippen LogP contribution in [0, 0.1) is 12.3 Å². The van der Waals surface area contributed by atoms with Crippen LogP contribution >= 0.6 is 11.6 Å². The molecule has 1 saturated carbocycles. The summed E-state index contributed by atoms with van der Waals surface area (Å²) in [5.74, 6) is 0. The van der Waals surface area contributed by atoms with Gasteiger partial charge in [0.05, 0.1) is 6.61 Å². The van der Waals surface area contributed by atoms with Crippen LogP contribution in [0.1, 0.15) is 24.8 Å². The molecule has 1 aliphatic rings. The SMILES string of the molecule is Cc1cc(Cl)ccc1NCC1(CO)CCC1. The van der Waals surface area contributed by atoms with Gasteiger partial charge in [0.1, 0.15) is 0 Å². The van der Waals surface area contributed by atoms with Crippen molar-refractivity contribution in [2.75, 3.05) is 18.5 Å². The lowest BCUT2D eigenvalue weighted by atomic mass is 9.69. The number of halogens is 1. The average Bonchev–Trinajstić information content (AvgIpc) is 2.19. The Morgan fingerprint density at radius 2 is 2.19 bits per heavy atom. The third kappa shape index (κ3) is 2.33. The highest BCUT2D eigenvalue weighted by Gasteiger charge is 2.35. The van der Waals surface area contributed by atoms with Crippen LogP contribution in [0.15, 0.2) is 18.2 Å². The molecule has 0 bridgehead atoms. The molecule has 1 aromatic carbocycles. The minimum Gasteiger partial charge on any atom is -0.396 e. The van der Waals surface area contributed by atoms with Crippen LogP contribution in [0.25, 0.3) is 0 Å². The zero-order valence-electron chi connectivity index (χ0n) is 9.59. The molecule has 0 heterocycles. The van der Waals surface area contributed by atoms with Gasteiger partial charge in [-0.2, -0.15) is 0 Å². The fourth-order valence-electron chi connectivity index (χ4n) is 2.18.